The normalized spacial score (nSPS) is 14.9. The van der Waals surface area contributed by atoms with Crippen LogP contribution in [0.15, 0.2) is 10.9 Å². The predicted octanol–water partition coefficient (Wildman–Crippen LogP) is 2.26. The van der Waals surface area contributed by atoms with Crippen LogP contribution in [0, 0.1) is 12.3 Å². The Hall–Kier alpha value is -1.38. The number of hydrogen-bond donors (Lipinski definition) is 1. The van der Waals surface area contributed by atoms with Crippen LogP contribution in [0.4, 0.5) is 0 Å². The van der Waals surface area contributed by atoms with Crippen LogP contribution >= 0.6 is 11.3 Å². The van der Waals surface area contributed by atoms with Gasteiger partial charge in [-0.1, -0.05) is 0 Å². The average Bonchev–Trinajstić information content (AvgIpc) is 2.67. The summed E-state index contributed by atoms with van der Waals surface area (Å²) in [7, 11) is 0. The van der Waals surface area contributed by atoms with Crippen molar-refractivity contribution in [2.24, 2.45) is 0 Å². The molecule has 92 valence electrons. The lowest BCUT2D eigenvalue weighted by molar-refractivity contribution is -0.187. The minimum Gasteiger partial charge on any atom is -0.479 e. The molecular formula is C12H15NO3S. The van der Waals surface area contributed by atoms with E-state index in [-0.39, 0.29) is 6.42 Å². The van der Waals surface area contributed by atoms with Gasteiger partial charge < -0.3 is 9.84 Å². The van der Waals surface area contributed by atoms with E-state index in [9.17, 15) is 9.90 Å². The van der Waals surface area contributed by atoms with Gasteiger partial charge in [-0.2, -0.15) is 0 Å². The van der Waals surface area contributed by atoms with Gasteiger partial charge in [-0.15, -0.1) is 23.7 Å². The third-order valence-electron chi connectivity index (χ3n) is 2.02. The first kappa shape index (κ1) is 13.7. The summed E-state index contributed by atoms with van der Waals surface area (Å²) >= 11 is 1.31. The number of rotatable bonds is 4. The zero-order valence-electron chi connectivity index (χ0n) is 10.1. The van der Waals surface area contributed by atoms with Crippen molar-refractivity contribution in [3.05, 3.63) is 16.6 Å². The number of nitrogens with zero attached hydrogens (tertiary/aromatic N) is 1. The van der Waals surface area contributed by atoms with Gasteiger partial charge in [0.25, 0.3) is 0 Å². The number of carboxylic acids is 1. The van der Waals surface area contributed by atoms with Gasteiger partial charge in [-0.25, -0.2) is 9.78 Å². The highest BCUT2D eigenvalue weighted by Gasteiger charge is 2.46. The fraction of sp³-hybridized carbons (Fsp3) is 0.500. The lowest BCUT2D eigenvalue weighted by Gasteiger charge is -2.33. The number of terminal acetylenes is 1. The van der Waals surface area contributed by atoms with Crippen LogP contribution in [0.1, 0.15) is 32.9 Å². The molecule has 1 rings (SSSR count). The molecule has 1 unspecified atom stereocenters. The van der Waals surface area contributed by atoms with Gasteiger partial charge in [0.05, 0.1) is 23.2 Å². The van der Waals surface area contributed by atoms with Crippen LogP contribution in [0.2, 0.25) is 0 Å². The van der Waals surface area contributed by atoms with Gasteiger partial charge in [0, 0.05) is 5.38 Å². The highest BCUT2D eigenvalue weighted by molar-refractivity contribution is 7.07. The molecule has 0 spiro atoms. The van der Waals surface area contributed by atoms with Crippen LogP contribution in [0.25, 0.3) is 0 Å². The summed E-state index contributed by atoms with van der Waals surface area (Å²) in [6, 6.07) is 0. The number of ether oxygens (including phenoxy) is 1. The molecule has 1 aromatic rings. The molecule has 0 fully saturated rings. The van der Waals surface area contributed by atoms with Crippen molar-refractivity contribution in [2.75, 3.05) is 0 Å². The second kappa shape index (κ2) is 4.86. The van der Waals surface area contributed by atoms with E-state index in [1.165, 1.54) is 11.3 Å². The van der Waals surface area contributed by atoms with E-state index in [1.54, 1.807) is 31.7 Å². The molecular weight excluding hydrogens is 238 g/mol. The summed E-state index contributed by atoms with van der Waals surface area (Å²) in [4.78, 5) is 15.6. The minimum absolute atomic E-state index is 0.0522. The van der Waals surface area contributed by atoms with E-state index in [1.807, 2.05) is 0 Å². The molecule has 0 bridgehead atoms. The molecule has 0 saturated heterocycles. The molecule has 1 N–H and O–H groups in total. The number of aliphatic carboxylic acids is 1. The maximum Gasteiger partial charge on any atom is 0.343 e. The second-order valence-electron chi connectivity index (χ2n) is 4.60. The van der Waals surface area contributed by atoms with E-state index < -0.39 is 17.2 Å². The largest absolute Gasteiger partial charge is 0.479 e. The molecule has 0 saturated carbocycles. The Bertz CT molecular complexity index is 428. The van der Waals surface area contributed by atoms with E-state index >= 15 is 0 Å². The molecule has 17 heavy (non-hydrogen) atoms. The Morgan fingerprint density at radius 1 is 1.65 bits per heavy atom. The van der Waals surface area contributed by atoms with Crippen LogP contribution in [0.5, 0.6) is 0 Å². The van der Waals surface area contributed by atoms with Crippen molar-refractivity contribution in [1.82, 2.24) is 4.98 Å². The summed E-state index contributed by atoms with van der Waals surface area (Å²) < 4.78 is 5.67. The van der Waals surface area contributed by atoms with E-state index in [0.29, 0.717) is 5.69 Å². The van der Waals surface area contributed by atoms with Crippen molar-refractivity contribution in [3.8, 4) is 12.3 Å². The lowest BCUT2D eigenvalue weighted by Crippen LogP contribution is -2.44. The van der Waals surface area contributed by atoms with Crippen LogP contribution in [-0.4, -0.2) is 21.7 Å². The Labute approximate surface area is 105 Å². The molecule has 4 nitrogen and oxygen atoms in total. The first-order valence-corrected chi connectivity index (χ1v) is 6.02. The average molecular weight is 253 g/mol. The lowest BCUT2D eigenvalue weighted by atomic mass is 9.95. The van der Waals surface area contributed by atoms with Gasteiger partial charge in [0.2, 0.25) is 5.60 Å². The molecule has 0 radical (unpaired) electrons. The first-order chi connectivity index (χ1) is 7.82. The molecule has 0 aliphatic carbocycles. The number of thiazole rings is 1. The Balaban J connectivity index is 3.24. The van der Waals surface area contributed by atoms with Crippen LogP contribution in [-0.2, 0) is 15.1 Å². The smallest absolute Gasteiger partial charge is 0.343 e. The Kier molecular flexibility index (Phi) is 3.91. The highest BCUT2D eigenvalue weighted by Crippen LogP contribution is 2.34. The maximum atomic E-state index is 11.5. The van der Waals surface area contributed by atoms with E-state index in [2.05, 4.69) is 10.9 Å². The molecule has 5 heteroatoms. The van der Waals surface area contributed by atoms with Gasteiger partial charge >= 0.3 is 5.97 Å². The Morgan fingerprint density at radius 2 is 2.29 bits per heavy atom. The zero-order chi connectivity index (χ0) is 13.1. The van der Waals surface area contributed by atoms with Crippen molar-refractivity contribution in [1.29, 1.82) is 0 Å². The summed E-state index contributed by atoms with van der Waals surface area (Å²) in [6.07, 6.45) is 5.21. The molecule has 1 aromatic heterocycles. The summed E-state index contributed by atoms with van der Waals surface area (Å²) in [5.41, 5.74) is -0.274. The summed E-state index contributed by atoms with van der Waals surface area (Å²) in [5, 5.41) is 11.1. The third kappa shape index (κ3) is 3.05. The minimum atomic E-state index is -1.56. The molecule has 0 aliphatic heterocycles. The van der Waals surface area contributed by atoms with Crippen molar-refractivity contribution < 1.29 is 14.6 Å². The van der Waals surface area contributed by atoms with Crippen LogP contribution < -0.4 is 0 Å². The topological polar surface area (TPSA) is 59.4 Å². The van der Waals surface area contributed by atoms with Crippen molar-refractivity contribution in [2.45, 2.75) is 38.4 Å². The highest BCUT2D eigenvalue weighted by atomic mass is 32.1. The summed E-state index contributed by atoms with van der Waals surface area (Å²) in [5.74, 6) is 1.25. The monoisotopic (exact) mass is 253 g/mol. The van der Waals surface area contributed by atoms with E-state index in [0.717, 1.165) is 0 Å². The van der Waals surface area contributed by atoms with Gasteiger partial charge in [0.1, 0.15) is 0 Å². The fourth-order valence-electron chi connectivity index (χ4n) is 1.49. The fourth-order valence-corrected chi connectivity index (χ4v) is 2.10. The van der Waals surface area contributed by atoms with E-state index in [4.69, 9.17) is 11.2 Å². The van der Waals surface area contributed by atoms with Gasteiger partial charge in [0.15, 0.2) is 0 Å². The molecule has 1 atom stereocenters. The summed E-state index contributed by atoms with van der Waals surface area (Å²) in [6.45, 7) is 5.36. The quantitative estimate of drug-likeness (QED) is 0.836. The maximum absolute atomic E-state index is 11.5. The number of hydrogen-bond acceptors (Lipinski definition) is 4. The molecule has 0 aliphatic rings. The molecule has 0 amide bonds. The van der Waals surface area contributed by atoms with Gasteiger partial charge in [-0.05, 0) is 20.8 Å². The SMILES string of the molecule is C#CCC(OC(C)(C)C)(C(=O)O)c1cscn1. The van der Waals surface area contributed by atoms with Crippen molar-refractivity contribution >= 4 is 17.3 Å². The molecule has 0 aromatic carbocycles. The number of carbonyl (C=O) groups is 1. The Morgan fingerprint density at radius 3 is 2.65 bits per heavy atom. The predicted molar refractivity (Wildman–Crippen MR) is 65.7 cm³/mol. The first-order valence-electron chi connectivity index (χ1n) is 5.07. The number of aromatic nitrogens is 1. The number of carboxylic acid groups (broad SMARTS) is 1. The van der Waals surface area contributed by atoms with Gasteiger partial charge in [-0.3, -0.25) is 0 Å². The third-order valence-corrected chi connectivity index (χ3v) is 2.61. The molecule has 1 heterocycles. The zero-order valence-corrected chi connectivity index (χ0v) is 10.9. The second-order valence-corrected chi connectivity index (χ2v) is 5.32. The standard InChI is InChI=1S/C12H15NO3S/c1-5-6-12(10(14)15,16-11(2,3)4)9-7-17-8-13-9/h1,7-8H,6H2,2-4H3,(H,14,15). The van der Waals surface area contributed by atoms with Crippen LogP contribution in [0.3, 0.4) is 0 Å². The van der Waals surface area contributed by atoms with Crippen molar-refractivity contribution in [3.63, 3.8) is 0 Å².